The van der Waals surface area contributed by atoms with Crippen LogP contribution in [0.15, 0.2) is 30.3 Å². The summed E-state index contributed by atoms with van der Waals surface area (Å²) in [6.07, 6.45) is 1.24. The normalized spacial score (nSPS) is 14.8. The van der Waals surface area contributed by atoms with Crippen LogP contribution < -0.4 is 0 Å². The lowest BCUT2D eigenvalue weighted by Gasteiger charge is -2.36. The first-order chi connectivity index (χ1) is 7.20. The van der Waals surface area contributed by atoms with Crippen molar-refractivity contribution in [2.75, 3.05) is 0 Å². The van der Waals surface area contributed by atoms with Gasteiger partial charge in [0.05, 0.1) is 0 Å². The molecule has 0 saturated carbocycles. The molecule has 0 aromatic heterocycles. The van der Waals surface area contributed by atoms with Crippen molar-refractivity contribution in [3.8, 4) is 0 Å². The Kier molecular flexibility index (Phi) is 3.88. The average molecular weight is 216 g/mol. The molecular formula is C15H25B. The van der Waals surface area contributed by atoms with E-state index in [1.165, 1.54) is 12.0 Å². The Morgan fingerprint density at radius 1 is 1.00 bits per heavy atom. The topological polar surface area (TPSA) is 0 Å². The number of rotatable bonds is 3. The van der Waals surface area contributed by atoms with Gasteiger partial charge in [-0.25, -0.2) is 0 Å². The van der Waals surface area contributed by atoms with E-state index in [2.05, 4.69) is 72.8 Å². The molecule has 0 N–H and O–H groups in total. The molecule has 0 aliphatic carbocycles. The Morgan fingerprint density at radius 3 is 1.88 bits per heavy atom. The Balaban J connectivity index is 2.98. The van der Waals surface area contributed by atoms with Gasteiger partial charge >= 0.3 is 0 Å². The van der Waals surface area contributed by atoms with Gasteiger partial charge in [0, 0.05) is 0 Å². The van der Waals surface area contributed by atoms with Gasteiger partial charge in [-0.2, -0.15) is 0 Å². The summed E-state index contributed by atoms with van der Waals surface area (Å²) < 4.78 is 0. The van der Waals surface area contributed by atoms with Crippen LogP contribution in [-0.4, -0.2) is 7.85 Å². The molecule has 0 fully saturated rings. The predicted octanol–water partition coefficient (Wildman–Crippen LogP) is 4.04. The van der Waals surface area contributed by atoms with E-state index in [-0.39, 0.29) is 0 Å². The van der Waals surface area contributed by atoms with Gasteiger partial charge in [0.1, 0.15) is 7.85 Å². The third-order valence-corrected chi connectivity index (χ3v) is 3.06. The lowest BCUT2D eigenvalue weighted by Crippen LogP contribution is -2.21. The Morgan fingerprint density at radius 2 is 1.50 bits per heavy atom. The molecule has 16 heavy (non-hydrogen) atoms. The second-order valence-corrected chi connectivity index (χ2v) is 7.09. The Hall–Kier alpha value is -0.715. The molecule has 0 aliphatic rings. The van der Waals surface area contributed by atoms with Crippen molar-refractivity contribution in [3.05, 3.63) is 35.9 Å². The molecule has 0 amide bonds. The van der Waals surface area contributed by atoms with Crippen molar-refractivity contribution in [2.45, 2.75) is 52.3 Å². The van der Waals surface area contributed by atoms with Crippen LogP contribution in [0.1, 0.15) is 52.5 Å². The van der Waals surface area contributed by atoms with Gasteiger partial charge in [-0.05, 0) is 23.3 Å². The minimum absolute atomic E-state index is 0.328. The molecule has 1 atom stereocenters. The van der Waals surface area contributed by atoms with E-state index >= 15 is 0 Å². The summed E-state index contributed by atoms with van der Waals surface area (Å²) in [4.78, 5) is 0. The molecular weight excluding hydrogens is 191 g/mol. The highest BCUT2D eigenvalue weighted by molar-refractivity contribution is 6.15. The van der Waals surface area contributed by atoms with Gasteiger partial charge in [0.15, 0.2) is 0 Å². The fourth-order valence-electron chi connectivity index (χ4n) is 2.22. The molecule has 0 saturated heterocycles. The maximum atomic E-state index is 2.34. The van der Waals surface area contributed by atoms with Crippen molar-refractivity contribution < 1.29 is 0 Å². The van der Waals surface area contributed by atoms with E-state index in [0.717, 1.165) is 0 Å². The molecule has 88 valence electrons. The molecule has 0 radical (unpaired) electrons. The Labute approximate surface area is 102 Å². The van der Waals surface area contributed by atoms with Crippen LogP contribution in [-0.2, 0) is 0 Å². The van der Waals surface area contributed by atoms with Crippen molar-refractivity contribution in [3.63, 3.8) is 0 Å². The second-order valence-electron chi connectivity index (χ2n) is 7.09. The third-order valence-electron chi connectivity index (χ3n) is 3.06. The molecule has 1 rings (SSSR count). The minimum atomic E-state index is 0.328. The number of hydrogen-bond acceptors (Lipinski definition) is 0. The summed E-state index contributed by atoms with van der Waals surface area (Å²) in [6, 6.07) is 10.9. The molecule has 1 aromatic carbocycles. The van der Waals surface area contributed by atoms with Crippen LogP contribution in [0.25, 0.3) is 0 Å². The number of benzene rings is 1. The van der Waals surface area contributed by atoms with Gasteiger partial charge in [0.2, 0.25) is 0 Å². The highest BCUT2D eigenvalue weighted by Crippen LogP contribution is 2.45. The highest BCUT2D eigenvalue weighted by Gasteiger charge is 2.29. The molecule has 0 nitrogen and oxygen atoms in total. The zero-order chi connectivity index (χ0) is 12.4. The van der Waals surface area contributed by atoms with Crippen molar-refractivity contribution in [1.82, 2.24) is 0 Å². The molecule has 0 bridgehead atoms. The van der Waals surface area contributed by atoms with E-state index in [1.54, 1.807) is 0 Å². The van der Waals surface area contributed by atoms with Gasteiger partial charge in [-0.1, -0.05) is 70.3 Å². The van der Waals surface area contributed by atoms with Crippen molar-refractivity contribution in [1.29, 1.82) is 0 Å². The first-order valence-electron chi connectivity index (χ1n) is 6.25. The summed E-state index contributed by atoms with van der Waals surface area (Å²) in [5.74, 6) is 0.633. The SMILES string of the molecule is BC(C)(C)C(CC(C)(C)C)c1ccccc1. The summed E-state index contributed by atoms with van der Waals surface area (Å²) in [5.41, 5.74) is 1.86. The van der Waals surface area contributed by atoms with Crippen molar-refractivity contribution in [2.24, 2.45) is 5.41 Å². The first kappa shape index (κ1) is 13.4. The predicted molar refractivity (Wildman–Crippen MR) is 75.8 cm³/mol. The van der Waals surface area contributed by atoms with E-state index in [9.17, 15) is 0 Å². The van der Waals surface area contributed by atoms with Gasteiger partial charge < -0.3 is 0 Å². The monoisotopic (exact) mass is 216 g/mol. The standard InChI is InChI=1S/C15H25B/c1-14(2,3)11-13(15(4,5)16)12-9-7-6-8-10-12/h6-10,13H,11,16H2,1-5H3. The Bertz CT molecular complexity index is 314. The summed E-state index contributed by atoms with van der Waals surface area (Å²) in [6.45, 7) is 11.7. The number of hydrogen-bond donors (Lipinski definition) is 0. The molecule has 0 heterocycles. The van der Waals surface area contributed by atoms with Crippen LogP contribution in [0, 0.1) is 5.41 Å². The first-order valence-corrected chi connectivity index (χ1v) is 6.25. The quantitative estimate of drug-likeness (QED) is 0.669. The molecule has 0 aliphatic heterocycles. The molecule has 0 spiro atoms. The minimum Gasteiger partial charge on any atom is -0.0666 e. The smallest absolute Gasteiger partial charge is 0.0666 e. The highest BCUT2D eigenvalue weighted by atomic mass is 14.3. The average Bonchev–Trinajstić information content (AvgIpc) is 2.13. The lowest BCUT2D eigenvalue weighted by atomic mass is 9.58. The van der Waals surface area contributed by atoms with Gasteiger partial charge in [-0.15, -0.1) is 0 Å². The van der Waals surface area contributed by atoms with Crippen molar-refractivity contribution >= 4 is 7.85 Å². The molecule has 1 heteroatoms. The summed E-state index contributed by atoms with van der Waals surface area (Å²) in [7, 11) is 2.34. The van der Waals surface area contributed by atoms with E-state index in [4.69, 9.17) is 0 Å². The van der Waals surface area contributed by atoms with Crippen LogP contribution in [0.3, 0.4) is 0 Å². The maximum absolute atomic E-state index is 2.34. The van der Waals surface area contributed by atoms with Crippen LogP contribution in [0.4, 0.5) is 0 Å². The van der Waals surface area contributed by atoms with Gasteiger partial charge in [0.25, 0.3) is 0 Å². The lowest BCUT2D eigenvalue weighted by molar-refractivity contribution is 0.308. The molecule has 1 unspecified atom stereocenters. The zero-order valence-electron chi connectivity index (χ0n) is 11.7. The summed E-state index contributed by atoms with van der Waals surface area (Å²) in [5, 5.41) is 0.328. The molecule has 1 aromatic rings. The van der Waals surface area contributed by atoms with Crippen LogP contribution in [0.2, 0.25) is 5.31 Å². The largest absolute Gasteiger partial charge is 0.109 e. The third kappa shape index (κ3) is 4.04. The van der Waals surface area contributed by atoms with Gasteiger partial charge in [-0.3, -0.25) is 0 Å². The van der Waals surface area contributed by atoms with Crippen LogP contribution in [0.5, 0.6) is 0 Å². The summed E-state index contributed by atoms with van der Waals surface area (Å²) >= 11 is 0. The fraction of sp³-hybridized carbons (Fsp3) is 0.600. The maximum Gasteiger partial charge on any atom is 0.109 e. The van der Waals surface area contributed by atoms with E-state index in [0.29, 0.717) is 16.6 Å². The zero-order valence-corrected chi connectivity index (χ0v) is 11.7. The van der Waals surface area contributed by atoms with E-state index in [1.807, 2.05) is 0 Å². The second kappa shape index (κ2) is 4.65. The fourth-order valence-corrected chi connectivity index (χ4v) is 2.22. The van der Waals surface area contributed by atoms with E-state index < -0.39 is 0 Å². The van der Waals surface area contributed by atoms with Crippen LogP contribution >= 0.6 is 0 Å².